The maximum absolute atomic E-state index is 12.5. The van der Waals surface area contributed by atoms with Gasteiger partial charge in [0.25, 0.3) is 17.1 Å². The van der Waals surface area contributed by atoms with Crippen molar-refractivity contribution < 1.29 is 19.2 Å². The number of imide groups is 1. The lowest BCUT2D eigenvalue weighted by atomic mass is 10.1. The summed E-state index contributed by atoms with van der Waals surface area (Å²) in [5.41, 5.74) is 2.53. The fraction of sp³-hybridized carbons (Fsp3) is 0.238. The van der Waals surface area contributed by atoms with Gasteiger partial charge in [0, 0.05) is 37.0 Å². The molecule has 1 aromatic carbocycles. The Labute approximate surface area is 182 Å². The van der Waals surface area contributed by atoms with E-state index in [-0.39, 0.29) is 49.0 Å². The molecule has 0 saturated carbocycles. The van der Waals surface area contributed by atoms with Crippen LogP contribution in [0.25, 0.3) is 6.08 Å². The first kappa shape index (κ1) is 21.8. The Bertz CT molecular complexity index is 969. The lowest BCUT2D eigenvalue weighted by Gasteiger charge is -2.13. The van der Waals surface area contributed by atoms with Gasteiger partial charge >= 0.3 is 0 Å². The first-order chi connectivity index (χ1) is 14.4. The highest BCUT2D eigenvalue weighted by molar-refractivity contribution is 8.18. The normalized spacial score (nSPS) is 15.0. The van der Waals surface area contributed by atoms with Gasteiger partial charge in [-0.2, -0.15) is 11.3 Å². The number of hydrogen-bond donors (Lipinski definition) is 2. The fourth-order valence-corrected chi connectivity index (χ4v) is 4.19. The van der Waals surface area contributed by atoms with Crippen LogP contribution in [-0.2, 0) is 9.59 Å². The van der Waals surface area contributed by atoms with Crippen LogP contribution in [0.3, 0.4) is 0 Å². The molecule has 2 heterocycles. The molecule has 0 radical (unpaired) electrons. The van der Waals surface area contributed by atoms with E-state index in [2.05, 4.69) is 10.6 Å². The molecule has 7 nitrogen and oxygen atoms in total. The highest BCUT2D eigenvalue weighted by Gasteiger charge is 2.34. The molecule has 1 aliphatic rings. The van der Waals surface area contributed by atoms with Gasteiger partial charge in [-0.1, -0.05) is 29.8 Å². The number of aryl methyl sites for hydroxylation is 1. The molecule has 30 heavy (non-hydrogen) atoms. The van der Waals surface area contributed by atoms with Crippen molar-refractivity contribution in [2.45, 2.75) is 13.3 Å². The number of thiophene rings is 1. The van der Waals surface area contributed by atoms with Gasteiger partial charge in [0.15, 0.2) is 0 Å². The summed E-state index contributed by atoms with van der Waals surface area (Å²) in [6.07, 6.45) is 1.81. The second-order valence-corrected chi connectivity index (χ2v) is 8.39. The SMILES string of the molecule is Cc1ccc(C=C2SC(=O)N(CCNC(=O)CCNC(=O)c3ccsc3)C2=O)cc1. The maximum atomic E-state index is 12.5. The molecule has 1 saturated heterocycles. The highest BCUT2D eigenvalue weighted by Crippen LogP contribution is 2.31. The number of hydrogen-bond acceptors (Lipinski definition) is 6. The number of rotatable bonds is 8. The molecule has 0 unspecified atom stereocenters. The third-order valence-electron chi connectivity index (χ3n) is 4.33. The highest BCUT2D eigenvalue weighted by atomic mass is 32.2. The molecule has 2 aromatic rings. The molecule has 1 fully saturated rings. The molecule has 4 amide bonds. The molecule has 0 bridgehead atoms. The zero-order valence-electron chi connectivity index (χ0n) is 16.3. The minimum Gasteiger partial charge on any atom is -0.354 e. The van der Waals surface area contributed by atoms with Crippen LogP contribution in [0.2, 0.25) is 0 Å². The molecule has 2 N–H and O–H groups in total. The minimum atomic E-state index is -0.358. The van der Waals surface area contributed by atoms with Crippen molar-refractivity contribution in [2.75, 3.05) is 19.6 Å². The maximum Gasteiger partial charge on any atom is 0.293 e. The predicted octanol–water partition coefficient (Wildman–Crippen LogP) is 3.03. The van der Waals surface area contributed by atoms with Gasteiger partial charge in [0.1, 0.15) is 0 Å². The van der Waals surface area contributed by atoms with Crippen LogP contribution in [0.1, 0.15) is 27.9 Å². The van der Waals surface area contributed by atoms with Crippen LogP contribution in [-0.4, -0.2) is 47.5 Å². The van der Waals surface area contributed by atoms with E-state index in [1.807, 2.05) is 36.6 Å². The zero-order chi connectivity index (χ0) is 21.5. The summed E-state index contributed by atoms with van der Waals surface area (Å²) in [5, 5.41) is 8.53. The van der Waals surface area contributed by atoms with Crippen LogP contribution < -0.4 is 10.6 Å². The predicted molar refractivity (Wildman–Crippen MR) is 118 cm³/mol. The Kier molecular flexibility index (Phi) is 7.42. The molecule has 1 aromatic heterocycles. The Balaban J connectivity index is 1.41. The lowest BCUT2D eigenvalue weighted by molar-refractivity contribution is -0.124. The largest absolute Gasteiger partial charge is 0.354 e. The molecule has 3 rings (SSSR count). The number of carbonyl (C=O) groups is 4. The van der Waals surface area contributed by atoms with E-state index in [4.69, 9.17) is 0 Å². The number of benzene rings is 1. The molecule has 9 heteroatoms. The Morgan fingerprint density at radius 3 is 2.53 bits per heavy atom. The average Bonchev–Trinajstić information content (AvgIpc) is 3.34. The van der Waals surface area contributed by atoms with Crippen LogP contribution >= 0.6 is 23.1 Å². The van der Waals surface area contributed by atoms with Gasteiger partial charge in [-0.05, 0) is 41.8 Å². The summed E-state index contributed by atoms with van der Waals surface area (Å²) in [6, 6.07) is 9.37. The molecule has 1 aliphatic heterocycles. The van der Waals surface area contributed by atoms with Crippen LogP contribution in [0.4, 0.5) is 4.79 Å². The Morgan fingerprint density at radius 2 is 1.83 bits per heavy atom. The molecular weight excluding hydrogens is 422 g/mol. The van der Waals surface area contributed by atoms with Gasteiger partial charge in [0.2, 0.25) is 5.91 Å². The van der Waals surface area contributed by atoms with Crippen molar-refractivity contribution in [3.05, 3.63) is 62.7 Å². The van der Waals surface area contributed by atoms with Crippen molar-refractivity contribution >= 4 is 52.1 Å². The van der Waals surface area contributed by atoms with Crippen LogP contribution in [0, 0.1) is 6.92 Å². The summed E-state index contributed by atoms with van der Waals surface area (Å²) >= 11 is 2.32. The van der Waals surface area contributed by atoms with Crippen molar-refractivity contribution in [1.29, 1.82) is 0 Å². The average molecular weight is 444 g/mol. The van der Waals surface area contributed by atoms with E-state index in [9.17, 15) is 19.2 Å². The quantitative estimate of drug-likeness (QED) is 0.612. The van der Waals surface area contributed by atoms with E-state index in [0.29, 0.717) is 10.5 Å². The molecule has 0 spiro atoms. The van der Waals surface area contributed by atoms with Gasteiger partial charge in [0.05, 0.1) is 4.91 Å². The summed E-state index contributed by atoms with van der Waals surface area (Å²) < 4.78 is 0. The van der Waals surface area contributed by atoms with E-state index in [1.54, 1.807) is 17.5 Å². The molecular formula is C21H21N3O4S2. The van der Waals surface area contributed by atoms with Crippen LogP contribution in [0.5, 0.6) is 0 Å². The lowest BCUT2D eigenvalue weighted by Crippen LogP contribution is -2.38. The van der Waals surface area contributed by atoms with Gasteiger partial charge in [-0.3, -0.25) is 24.1 Å². The van der Waals surface area contributed by atoms with Crippen molar-refractivity contribution in [1.82, 2.24) is 15.5 Å². The third kappa shape index (κ3) is 5.80. The minimum absolute atomic E-state index is 0.100. The van der Waals surface area contributed by atoms with E-state index in [1.165, 1.54) is 11.3 Å². The van der Waals surface area contributed by atoms with Gasteiger partial charge in [-0.25, -0.2) is 0 Å². The molecule has 0 atom stereocenters. The second kappa shape index (κ2) is 10.2. The van der Waals surface area contributed by atoms with Crippen molar-refractivity contribution in [3.8, 4) is 0 Å². The van der Waals surface area contributed by atoms with E-state index >= 15 is 0 Å². The first-order valence-corrected chi connectivity index (χ1v) is 11.1. The number of carbonyl (C=O) groups excluding carboxylic acids is 4. The summed E-state index contributed by atoms with van der Waals surface area (Å²) in [6.45, 7) is 2.45. The second-order valence-electron chi connectivity index (χ2n) is 6.61. The van der Waals surface area contributed by atoms with Gasteiger partial charge < -0.3 is 10.6 Å². The molecule has 156 valence electrons. The zero-order valence-corrected chi connectivity index (χ0v) is 18.0. The topological polar surface area (TPSA) is 95.6 Å². The summed E-state index contributed by atoms with van der Waals surface area (Å²) in [5.74, 6) is -0.840. The first-order valence-electron chi connectivity index (χ1n) is 9.33. The third-order valence-corrected chi connectivity index (χ3v) is 5.92. The monoisotopic (exact) mass is 443 g/mol. The Morgan fingerprint density at radius 1 is 1.07 bits per heavy atom. The van der Waals surface area contributed by atoms with Crippen molar-refractivity contribution in [3.63, 3.8) is 0 Å². The van der Waals surface area contributed by atoms with Crippen LogP contribution in [0.15, 0.2) is 46.0 Å². The number of nitrogens with zero attached hydrogens (tertiary/aromatic N) is 1. The molecule has 0 aliphatic carbocycles. The summed E-state index contributed by atoms with van der Waals surface area (Å²) in [4.78, 5) is 49.8. The van der Waals surface area contributed by atoms with Gasteiger partial charge in [-0.15, -0.1) is 0 Å². The number of thioether (sulfide) groups is 1. The van der Waals surface area contributed by atoms with Crippen molar-refractivity contribution in [2.24, 2.45) is 0 Å². The standard InChI is InChI=1S/C21H21N3O4S2/c1-14-2-4-15(5-3-14)12-17-20(27)24(21(28)30-17)10-9-22-18(25)6-8-23-19(26)16-7-11-29-13-16/h2-5,7,11-13H,6,8-10H2,1H3,(H,22,25)(H,23,26). The number of nitrogens with one attached hydrogen (secondary N) is 2. The number of amides is 4. The van der Waals surface area contributed by atoms with E-state index in [0.717, 1.165) is 27.8 Å². The fourth-order valence-electron chi connectivity index (χ4n) is 2.69. The van der Waals surface area contributed by atoms with E-state index < -0.39 is 0 Å². The smallest absolute Gasteiger partial charge is 0.293 e. The Hall–Kier alpha value is -2.91. The summed E-state index contributed by atoms with van der Waals surface area (Å²) in [7, 11) is 0.